The third kappa shape index (κ3) is 2.83. The molecule has 4 aromatic rings. The number of hydrogen-bond donors (Lipinski definition) is 1. The van der Waals surface area contributed by atoms with Crippen molar-refractivity contribution in [3.8, 4) is 11.4 Å². The molecule has 0 saturated heterocycles. The monoisotopic (exact) mass is 381 g/mol. The summed E-state index contributed by atoms with van der Waals surface area (Å²) in [6.45, 7) is 0.629. The maximum atomic E-state index is 4.62. The number of aromatic nitrogens is 6. The van der Waals surface area contributed by atoms with Gasteiger partial charge in [-0.1, -0.05) is 6.07 Å². The van der Waals surface area contributed by atoms with Crippen LogP contribution in [0.15, 0.2) is 59.9 Å². The number of hydrogen-bond acceptors (Lipinski definition) is 6. The van der Waals surface area contributed by atoms with E-state index in [4.69, 9.17) is 0 Å². The fourth-order valence-corrected chi connectivity index (χ4v) is 2.67. The molecule has 0 bridgehead atoms. The lowest BCUT2D eigenvalue weighted by molar-refractivity contribution is 0.924. The molecule has 0 radical (unpaired) electrons. The van der Waals surface area contributed by atoms with Gasteiger partial charge in [-0.3, -0.25) is 15.0 Å². The van der Waals surface area contributed by atoms with Gasteiger partial charge in [-0.25, -0.2) is 4.98 Å². The van der Waals surface area contributed by atoms with E-state index >= 15 is 0 Å². The Morgan fingerprint density at radius 3 is 2.75 bits per heavy atom. The van der Waals surface area contributed by atoms with E-state index in [9.17, 15) is 0 Å². The molecule has 0 saturated carbocycles. The molecule has 1 N–H and O–H groups in total. The number of rotatable bonds is 4. The summed E-state index contributed by atoms with van der Waals surface area (Å²) < 4.78 is 2.57. The quantitative estimate of drug-likeness (QED) is 0.585. The lowest BCUT2D eigenvalue weighted by Gasteiger charge is -2.10. The van der Waals surface area contributed by atoms with Gasteiger partial charge in [-0.15, -0.1) is 0 Å². The van der Waals surface area contributed by atoms with Crippen LogP contribution in [0.1, 0.15) is 5.56 Å². The summed E-state index contributed by atoms with van der Waals surface area (Å²) >= 11 is 3.48. The van der Waals surface area contributed by atoms with Crippen molar-refractivity contribution in [3.63, 3.8) is 0 Å². The molecule has 0 spiro atoms. The second-order valence-corrected chi connectivity index (χ2v) is 5.91. The summed E-state index contributed by atoms with van der Waals surface area (Å²) in [6, 6.07) is 5.84. The number of pyridine rings is 1. The Hall–Kier alpha value is -2.87. The Morgan fingerprint density at radius 1 is 1.04 bits per heavy atom. The Labute approximate surface area is 146 Å². The Bertz CT molecular complexity index is 970. The van der Waals surface area contributed by atoms with Crippen LogP contribution in [0.2, 0.25) is 0 Å². The fourth-order valence-electron chi connectivity index (χ4n) is 2.32. The van der Waals surface area contributed by atoms with Crippen molar-refractivity contribution in [2.24, 2.45) is 0 Å². The summed E-state index contributed by atoms with van der Waals surface area (Å²) in [7, 11) is 0. The molecule has 7 nitrogen and oxygen atoms in total. The first-order valence-corrected chi connectivity index (χ1v) is 8.04. The van der Waals surface area contributed by atoms with Crippen LogP contribution in [0.25, 0.3) is 17.0 Å². The van der Waals surface area contributed by atoms with E-state index in [1.54, 1.807) is 35.5 Å². The Kier molecular flexibility index (Phi) is 3.87. The second-order valence-electron chi connectivity index (χ2n) is 5.06. The second kappa shape index (κ2) is 6.32. The van der Waals surface area contributed by atoms with Gasteiger partial charge in [0.15, 0.2) is 5.65 Å². The van der Waals surface area contributed by atoms with Gasteiger partial charge in [-0.2, -0.15) is 9.61 Å². The van der Waals surface area contributed by atoms with Gasteiger partial charge < -0.3 is 5.32 Å². The van der Waals surface area contributed by atoms with Gasteiger partial charge in [0, 0.05) is 37.4 Å². The molecule has 118 valence electrons. The Balaban J connectivity index is 1.76. The van der Waals surface area contributed by atoms with E-state index in [2.05, 4.69) is 46.3 Å². The highest BCUT2D eigenvalue weighted by molar-refractivity contribution is 9.10. The largest absolute Gasteiger partial charge is 0.366 e. The molecule has 0 aliphatic carbocycles. The summed E-state index contributed by atoms with van der Waals surface area (Å²) in [5.74, 6) is 0.815. The number of anilines is 1. The Morgan fingerprint density at radius 2 is 1.96 bits per heavy atom. The molecular weight excluding hydrogens is 370 g/mol. The van der Waals surface area contributed by atoms with Crippen LogP contribution in [0.3, 0.4) is 0 Å². The number of fused-ring (bicyclic) bond motifs is 1. The van der Waals surface area contributed by atoms with Crippen LogP contribution in [0.4, 0.5) is 5.82 Å². The average Bonchev–Trinajstić information content (AvgIpc) is 3.02. The normalized spacial score (nSPS) is 10.9. The third-order valence-electron chi connectivity index (χ3n) is 3.45. The van der Waals surface area contributed by atoms with Gasteiger partial charge in [0.05, 0.1) is 22.6 Å². The van der Waals surface area contributed by atoms with Crippen molar-refractivity contribution < 1.29 is 0 Å². The van der Waals surface area contributed by atoms with Crippen molar-refractivity contribution in [1.82, 2.24) is 29.5 Å². The van der Waals surface area contributed by atoms with Crippen LogP contribution in [0.5, 0.6) is 0 Å². The summed E-state index contributed by atoms with van der Waals surface area (Å²) in [4.78, 5) is 17.2. The van der Waals surface area contributed by atoms with Crippen molar-refractivity contribution in [3.05, 3.63) is 65.4 Å². The van der Waals surface area contributed by atoms with Crippen LogP contribution in [-0.4, -0.2) is 29.5 Å². The smallest absolute Gasteiger partial charge is 0.172 e. The molecule has 24 heavy (non-hydrogen) atoms. The molecule has 4 rings (SSSR count). The van der Waals surface area contributed by atoms with E-state index in [0.29, 0.717) is 17.9 Å². The summed E-state index contributed by atoms with van der Waals surface area (Å²) in [5.41, 5.74) is 3.23. The van der Waals surface area contributed by atoms with E-state index in [-0.39, 0.29) is 0 Å². The summed E-state index contributed by atoms with van der Waals surface area (Å²) in [5, 5.41) is 7.74. The topological polar surface area (TPSA) is 80.9 Å². The minimum absolute atomic E-state index is 0.629. The zero-order chi connectivity index (χ0) is 16.4. The average molecular weight is 382 g/mol. The van der Waals surface area contributed by atoms with Gasteiger partial charge in [0.25, 0.3) is 0 Å². The van der Waals surface area contributed by atoms with Crippen molar-refractivity contribution in [1.29, 1.82) is 0 Å². The minimum atomic E-state index is 0.629. The molecule has 4 aromatic heterocycles. The van der Waals surface area contributed by atoms with Crippen molar-refractivity contribution in [2.75, 3.05) is 5.32 Å². The first-order chi connectivity index (χ1) is 11.8. The van der Waals surface area contributed by atoms with E-state index < -0.39 is 0 Å². The predicted molar refractivity (Wildman–Crippen MR) is 93.3 cm³/mol. The van der Waals surface area contributed by atoms with Gasteiger partial charge >= 0.3 is 0 Å². The van der Waals surface area contributed by atoms with Gasteiger partial charge in [-0.05, 0) is 27.6 Å². The standard InChI is InChI=1S/C16H12BrN7/c17-12-9-22-24-15(21-8-11-2-1-3-18-7-11)6-13(23-16(12)24)14-10-19-4-5-20-14/h1-7,9-10,21H,8H2. The van der Waals surface area contributed by atoms with Crippen LogP contribution in [0, 0.1) is 0 Å². The number of nitrogens with zero attached hydrogens (tertiary/aromatic N) is 6. The van der Waals surface area contributed by atoms with Crippen molar-refractivity contribution >= 4 is 27.4 Å². The number of nitrogens with one attached hydrogen (secondary N) is 1. The highest BCUT2D eigenvalue weighted by Gasteiger charge is 2.12. The highest BCUT2D eigenvalue weighted by atomic mass is 79.9. The SMILES string of the molecule is Brc1cnn2c(NCc3cccnc3)cc(-c3cnccn3)nc12. The molecule has 0 fully saturated rings. The van der Waals surface area contributed by atoms with E-state index in [1.807, 2.05) is 24.4 Å². The van der Waals surface area contributed by atoms with Gasteiger partial charge in [0.2, 0.25) is 0 Å². The maximum absolute atomic E-state index is 4.62. The first kappa shape index (κ1) is 14.7. The van der Waals surface area contributed by atoms with E-state index in [1.165, 1.54) is 0 Å². The third-order valence-corrected chi connectivity index (χ3v) is 4.01. The van der Waals surface area contributed by atoms with Crippen LogP contribution in [-0.2, 0) is 6.54 Å². The molecule has 8 heteroatoms. The molecule has 0 aliphatic rings. The first-order valence-electron chi connectivity index (χ1n) is 7.25. The highest BCUT2D eigenvalue weighted by Crippen LogP contribution is 2.24. The summed E-state index contributed by atoms with van der Waals surface area (Å²) in [6.07, 6.45) is 10.3. The molecule has 0 aromatic carbocycles. The fraction of sp³-hybridized carbons (Fsp3) is 0.0625. The maximum Gasteiger partial charge on any atom is 0.172 e. The predicted octanol–water partition coefficient (Wildman–Crippen LogP) is 2.96. The van der Waals surface area contributed by atoms with E-state index in [0.717, 1.165) is 21.5 Å². The lowest BCUT2D eigenvalue weighted by Crippen LogP contribution is -2.07. The zero-order valence-electron chi connectivity index (χ0n) is 12.5. The van der Waals surface area contributed by atoms with Crippen LogP contribution < -0.4 is 5.32 Å². The molecule has 0 atom stereocenters. The molecular formula is C16H12BrN7. The van der Waals surface area contributed by atoms with Crippen molar-refractivity contribution in [2.45, 2.75) is 6.54 Å². The molecule has 0 unspecified atom stereocenters. The minimum Gasteiger partial charge on any atom is -0.366 e. The lowest BCUT2D eigenvalue weighted by atomic mass is 10.2. The molecule has 4 heterocycles. The number of halogens is 1. The van der Waals surface area contributed by atoms with Crippen LogP contribution >= 0.6 is 15.9 Å². The van der Waals surface area contributed by atoms with Gasteiger partial charge in [0.1, 0.15) is 11.5 Å². The molecule has 0 aliphatic heterocycles. The zero-order valence-corrected chi connectivity index (χ0v) is 14.1. The molecule has 0 amide bonds.